The van der Waals surface area contributed by atoms with E-state index in [1.165, 1.54) is 12.8 Å². The standard InChI is InChI=1S/C14H19ClN2O/c1-3-5-11-8-13(9-16-14(11)15)18-10-12-6-4-7-17(12)2/h3,8-9,12H,1,4-7,10H2,2H3/t12-/m0/s1. The summed E-state index contributed by atoms with van der Waals surface area (Å²) in [6, 6.07) is 2.47. The van der Waals surface area contributed by atoms with Crippen molar-refractivity contribution in [3.63, 3.8) is 0 Å². The maximum absolute atomic E-state index is 6.00. The number of likely N-dealkylation sites (tertiary alicyclic amines) is 1. The molecule has 1 aromatic rings. The molecule has 0 aliphatic carbocycles. The first-order valence-corrected chi connectivity index (χ1v) is 6.67. The zero-order valence-corrected chi connectivity index (χ0v) is 11.5. The van der Waals surface area contributed by atoms with Gasteiger partial charge in [0.1, 0.15) is 17.5 Å². The third kappa shape index (κ3) is 3.24. The Hall–Kier alpha value is -1.06. The number of nitrogens with zero attached hydrogens (tertiary/aromatic N) is 2. The highest BCUT2D eigenvalue weighted by atomic mass is 35.5. The van der Waals surface area contributed by atoms with Gasteiger partial charge in [0.05, 0.1) is 6.20 Å². The molecule has 1 aliphatic rings. The Morgan fingerprint density at radius 3 is 3.17 bits per heavy atom. The molecule has 0 spiro atoms. The quantitative estimate of drug-likeness (QED) is 0.605. The second-order valence-corrected chi connectivity index (χ2v) is 5.06. The molecule has 0 radical (unpaired) electrons. The van der Waals surface area contributed by atoms with E-state index in [0.29, 0.717) is 24.2 Å². The largest absolute Gasteiger partial charge is 0.490 e. The number of allylic oxidation sites excluding steroid dienone is 1. The molecule has 0 saturated carbocycles. The van der Waals surface area contributed by atoms with Crippen LogP contribution in [0.3, 0.4) is 0 Å². The molecule has 2 heterocycles. The first kappa shape index (κ1) is 13.4. The summed E-state index contributed by atoms with van der Waals surface area (Å²) in [7, 11) is 2.14. The lowest BCUT2D eigenvalue weighted by molar-refractivity contribution is 0.197. The molecule has 0 aromatic carbocycles. The van der Waals surface area contributed by atoms with E-state index in [1.54, 1.807) is 6.20 Å². The van der Waals surface area contributed by atoms with Crippen LogP contribution in [-0.4, -0.2) is 36.1 Å². The van der Waals surface area contributed by atoms with E-state index in [2.05, 4.69) is 23.5 Å². The van der Waals surface area contributed by atoms with Crippen LogP contribution < -0.4 is 4.74 Å². The highest BCUT2D eigenvalue weighted by molar-refractivity contribution is 6.30. The smallest absolute Gasteiger partial charge is 0.138 e. The molecule has 3 nitrogen and oxygen atoms in total. The van der Waals surface area contributed by atoms with E-state index in [0.717, 1.165) is 17.9 Å². The lowest BCUT2D eigenvalue weighted by atomic mass is 10.2. The average Bonchev–Trinajstić information content (AvgIpc) is 2.76. The Balaban J connectivity index is 1.96. The van der Waals surface area contributed by atoms with Crippen LogP contribution in [0.1, 0.15) is 18.4 Å². The van der Waals surface area contributed by atoms with Crippen molar-refractivity contribution < 1.29 is 4.74 Å². The number of rotatable bonds is 5. The van der Waals surface area contributed by atoms with Gasteiger partial charge in [-0.25, -0.2) is 4.98 Å². The summed E-state index contributed by atoms with van der Waals surface area (Å²) in [6.45, 7) is 5.59. The van der Waals surface area contributed by atoms with Gasteiger partial charge >= 0.3 is 0 Å². The Morgan fingerprint density at radius 2 is 2.50 bits per heavy atom. The molecular weight excluding hydrogens is 248 g/mol. The molecule has 2 rings (SSSR count). The minimum atomic E-state index is 0.517. The van der Waals surface area contributed by atoms with Crippen LogP contribution in [0.4, 0.5) is 0 Å². The highest BCUT2D eigenvalue weighted by Gasteiger charge is 2.21. The van der Waals surface area contributed by atoms with Gasteiger partial charge in [-0.15, -0.1) is 6.58 Å². The number of ether oxygens (including phenoxy) is 1. The van der Waals surface area contributed by atoms with E-state index in [9.17, 15) is 0 Å². The predicted molar refractivity (Wildman–Crippen MR) is 74.3 cm³/mol. The van der Waals surface area contributed by atoms with Crippen molar-refractivity contribution in [2.45, 2.75) is 25.3 Å². The summed E-state index contributed by atoms with van der Waals surface area (Å²) in [5, 5.41) is 0.528. The van der Waals surface area contributed by atoms with Crippen LogP contribution in [0.25, 0.3) is 0 Å². The van der Waals surface area contributed by atoms with E-state index in [4.69, 9.17) is 16.3 Å². The molecular formula is C14H19ClN2O. The fourth-order valence-electron chi connectivity index (χ4n) is 2.23. The van der Waals surface area contributed by atoms with Crippen LogP contribution in [0.15, 0.2) is 24.9 Å². The van der Waals surface area contributed by atoms with Gasteiger partial charge in [-0.05, 0) is 44.5 Å². The molecule has 0 amide bonds. The first-order valence-electron chi connectivity index (χ1n) is 6.29. The van der Waals surface area contributed by atoms with Crippen molar-refractivity contribution in [1.82, 2.24) is 9.88 Å². The van der Waals surface area contributed by atoms with E-state index < -0.39 is 0 Å². The van der Waals surface area contributed by atoms with Gasteiger partial charge in [-0.1, -0.05) is 17.7 Å². The topological polar surface area (TPSA) is 25.4 Å². The van der Waals surface area contributed by atoms with Gasteiger partial charge in [-0.3, -0.25) is 0 Å². The van der Waals surface area contributed by atoms with Crippen molar-refractivity contribution in [2.24, 2.45) is 0 Å². The number of pyridine rings is 1. The van der Waals surface area contributed by atoms with Crippen molar-refractivity contribution in [3.05, 3.63) is 35.6 Å². The third-order valence-corrected chi connectivity index (χ3v) is 3.71. The molecule has 0 bridgehead atoms. The summed E-state index contributed by atoms with van der Waals surface area (Å²) < 4.78 is 5.81. The van der Waals surface area contributed by atoms with E-state index in [-0.39, 0.29) is 0 Å². The van der Waals surface area contributed by atoms with Crippen molar-refractivity contribution in [3.8, 4) is 5.75 Å². The lowest BCUT2D eigenvalue weighted by Crippen LogP contribution is -2.30. The Morgan fingerprint density at radius 1 is 1.67 bits per heavy atom. The van der Waals surface area contributed by atoms with Gasteiger partial charge in [0, 0.05) is 6.04 Å². The summed E-state index contributed by atoms with van der Waals surface area (Å²) in [6.07, 6.45) is 6.68. The number of hydrogen-bond donors (Lipinski definition) is 0. The minimum Gasteiger partial charge on any atom is -0.490 e. The molecule has 4 heteroatoms. The molecule has 0 unspecified atom stereocenters. The van der Waals surface area contributed by atoms with Crippen molar-refractivity contribution in [1.29, 1.82) is 0 Å². The number of aromatic nitrogens is 1. The van der Waals surface area contributed by atoms with Crippen LogP contribution >= 0.6 is 11.6 Å². The van der Waals surface area contributed by atoms with E-state index >= 15 is 0 Å². The Bertz CT molecular complexity index is 422. The van der Waals surface area contributed by atoms with Crippen LogP contribution in [0.5, 0.6) is 5.75 Å². The summed E-state index contributed by atoms with van der Waals surface area (Å²) in [5.41, 5.74) is 0.962. The normalized spacial score (nSPS) is 20.0. The highest BCUT2D eigenvalue weighted by Crippen LogP contribution is 2.21. The van der Waals surface area contributed by atoms with Crippen molar-refractivity contribution >= 4 is 11.6 Å². The fourth-order valence-corrected chi connectivity index (χ4v) is 2.41. The third-order valence-electron chi connectivity index (χ3n) is 3.36. The minimum absolute atomic E-state index is 0.517. The maximum atomic E-state index is 6.00. The predicted octanol–water partition coefficient (Wildman–Crippen LogP) is 2.94. The van der Waals surface area contributed by atoms with Gasteiger partial charge in [0.25, 0.3) is 0 Å². The van der Waals surface area contributed by atoms with Gasteiger partial charge < -0.3 is 9.64 Å². The van der Waals surface area contributed by atoms with Gasteiger partial charge in [0.15, 0.2) is 0 Å². The summed E-state index contributed by atoms with van der Waals surface area (Å²) in [5.74, 6) is 0.788. The molecule has 18 heavy (non-hydrogen) atoms. The number of likely N-dealkylation sites (N-methyl/N-ethyl adjacent to an activating group) is 1. The van der Waals surface area contributed by atoms with Crippen molar-refractivity contribution in [2.75, 3.05) is 20.2 Å². The number of halogens is 1. The summed E-state index contributed by atoms with van der Waals surface area (Å²) >= 11 is 6.00. The molecule has 0 N–H and O–H groups in total. The lowest BCUT2D eigenvalue weighted by Gasteiger charge is -2.19. The SMILES string of the molecule is C=CCc1cc(OC[C@@H]2CCCN2C)cnc1Cl. The molecule has 1 aromatic heterocycles. The molecule has 1 atom stereocenters. The Kier molecular flexibility index (Phi) is 4.61. The van der Waals surface area contributed by atoms with Crippen LogP contribution in [-0.2, 0) is 6.42 Å². The fraction of sp³-hybridized carbons (Fsp3) is 0.500. The molecule has 98 valence electrons. The van der Waals surface area contributed by atoms with Gasteiger partial charge in [-0.2, -0.15) is 0 Å². The second kappa shape index (κ2) is 6.21. The molecule has 1 aliphatic heterocycles. The molecule has 1 fully saturated rings. The maximum Gasteiger partial charge on any atom is 0.138 e. The zero-order chi connectivity index (χ0) is 13.0. The second-order valence-electron chi connectivity index (χ2n) is 4.70. The van der Waals surface area contributed by atoms with Crippen LogP contribution in [0, 0.1) is 0 Å². The zero-order valence-electron chi connectivity index (χ0n) is 10.7. The van der Waals surface area contributed by atoms with E-state index in [1.807, 2.05) is 12.1 Å². The number of hydrogen-bond acceptors (Lipinski definition) is 3. The van der Waals surface area contributed by atoms with Crippen LogP contribution in [0.2, 0.25) is 5.15 Å². The molecule has 1 saturated heterocycles. The summed E-state index contributed by atoms with van der Waals surface area (Å²) in [4.78, 5) is 6.48. The first-order chi connectivity index (χ1) is 8.70. The monoisotopic (exact) mass is 266 g/mol. The van der Waals surface area contributed by atoms with Gasteiger partial charge in [0.2, 0.25) is 0 Å². The average molecular weight is 267 g/mol. The Labute approximate surface area is 113 Å².